The van der Waals surface area contributed by atoms with Crippen molar-refractivity contribution in [2.45, 2.75) is 31.6 Å². The number of hydrogen-bond acceptors (Lipinski definition) is 4. The Bertz CT molecular complexity index is 913. The molecule has 0 saturated heterocycles. The minimum absolute atomic E-state index is 0.133. The number of aromatic nitrogens is 1. The summed E-state index contributed by atoms with van der Waals surface area (Å²) < 4.78 is 0. The molecule has 1 aromatic rings. The Morgan fingerprint density at radius 3 is 2.96 bits per heavy atom. The van der Waals surface area contributed by atoms with Crippen molar-refractivity contribution in [2.75, 3.05) is 6.54 Å². The number of hydrogen-bond donors (Lipinski definition) is 0. The molecule has 2 unspecified atom stereocenters. The van der Waals surface area contributed by atoms with E-state index in [9.17, 15) is 4.79 Å². The van der Waals surface area contributed by atoms with Crippen molar-refractivity contribution >= 4 is 22.8 Å². The third-order valence-corrected chi connectivity index (χ3v) is 6.69. The van der Waals surface area contributed by atoms with Gasteiger partial charge in [-0.15, -0.1) is 6.58 Å². The topological polar surface area (TPSA) is 45.6 Å². The van der Waals surface area contributed by atoms with Gasteiger partial charge < -0.3 is 0 Å². The highest BCUT2D eigenvalue weighted by Crippen LogP contribution is 2.53. The first-order chi connectivity index (χ1) is 13.5. The smallest absolute Gasteiger partial charge is 0.235 e. The molecule has 28 heavy (non-hydrogen) atoms. The highest BCUT2D eigenvalue weighted by molar-refractivity contribution is 8.13. The van der Waals surface area contributed by atoms with E-state index in [1.807, 2.05) is 30.4 Å². The molecular formula is C23H25N3OS. The first kappa shape index (κ1) is 18.9. The Labute approximate surface area is 170 Å². The first-order valence-corrected chi connectivity index (χ1v) is 10.6. The number of carbonyl (C=O) groups is 1. The predicted molar refractivity (Wildman–Crippen MR) is 116 cm³/mol. The summed E-state index contributed by atoms with van der Waals surface area (Å²) in [6, 6.07) is 5.88. The lowest BCUT2D eigenvalue weighted by Gasteiger charge is -2.52. The van der Waals surface area contributed by atoms with E-state index >= 15 is 0 Å². The van der Waals surface area contributed by atoms with Crippen LogP contribution in [0.15, 0.2) is 78.0 Å². The number of thioether (sulfide) groups is 1. The van der Waals surface area contributed by atoms with Gasteiger partial charge in [0.25, 0.3) is 0 Å². The molecule has 0 fully saturated rings. The average molecular weight is 392 g/mol. The maximum Gasteiger partial charge on any atom is 0.235 e. The van der Waals surface area contributed by atoms with E-state index in [4.69, 9.17) is 4.99 Å². The zero-order chi connectivity index (χ0) is 19.8. The van der Waals surface area contributed by atoms with Gasteiger partial charge in [-0.3, -0.25) is 14.7 Å². The molecule has 0 N–H and O–H groups in total. The Kier molecular flexibility index (Phi) is 4.88. The van der Waals surface area contributed by atoms with Gasteiger partial charge in [-0.1, -0.05) is 68.1 Å². The molecule has 1 aromatic heterocycles. The van der Waals surface area contributed by atoms with Gasteiger partial charge in [0.1, 0.15) is 5.54 Å². The lowest BCUT2D eigenvalue weighted by molar-refractivity contribution is -0.138. The molecule has 3 aliphatic rings. The van der Waals surface area contributed by atoms with E-state index in [0.29, 0.717) is 12.3 Å². The summed E-state index contributed by atoms with van der Waals surface area (Å²) in [5, 5.41) is 0.746. The molecule has 2 aliphatic carbocycles. The molecule has 2 atom stereocenters. The molecule has 2 heterocycles. The number of pyridine rings is 1. The summed E-state index contributed by atoms with van der Waals surface area (Å²) in [7, 11) is 0. The van der Waals surface area contributed by atoms with Gasteiger partial charge in [-0.05, 0) is 29.5 Å². The normalized spacial score (nSPS) is 27.6. The van der Waals surface area contributed by atoms with Gasteiger partial charge in [-0.25, -0.2) is 4.99 Å². The minimum Gasteiger partial charge on any atom is -0.287 e. The standard InChI is InChI=1S/C23H25N3OS/c1-4-15-26-20(27)19-22(2,3)13-11-17-9-5-7-12-23(17,19)25-21(26)28-16-18-10-6-8-14-24-18/h4-12,14,19H,1,13,15-16H2,2-3H3. The number of amides is 1. The highest BCUT2D eigenvalue weighted by Gasteiger charge is 2.57. The highest BCUT2D eigenvalue weighted by atomic mass is 32.2. The molecule has 0 radical (unpaired) electrons. The summed E-state index contributed by atoms with van der Waals surface area (Å²) in [4.78, 5) is 25.1. The second-order valence-corrected chi connectivity index (χ2v) is 9.01. The van der Waals surface area contributed by atoms with Crippen molar-refractivity contribution in [1.29, 1.82) is 0 Å². The minimum atomic E-state index is -0.613. The first-order valence-electron chi connectivity index (χ1n) is 9.59. The maximum absolute atomic E-state index is 13.7. The Balaban J connectivity index is 1.78. The summed E-state index contributed by atoms with van der Waals surface area (Å²) >= 11 is 1.57. The van der Waals surface area contributed by atoms with Gasteiger partial charge in [-0.2, -0.15) is 0 Å². The number of allylic oxidation sites excluding steroid dienone is 3. The third kappa shape index (κ3) is 3.08. The fourth-order valence-electron chi connectivity index (χ4n) is 4.36. The molecule has 0 bridgehead atoms. The molecule has 5 heteroatoms. The van der Waals surface area contributed by atoms with E-state index in [-0.39, 0.29) is 17.2 Å². The summed E-state index contributed by atoms with van der Waals surface area (Å²) in [6.07, 6.45) is 14.9. The zero-order valence-electron chi connectivity index (χ0n) is 16.3. The van der Waals surface area contributed by atoms with Crippen molar-refractivity contribution in [2.24, 2.45) is 16.3 Å². The van der Waals surface area contributed by atoms with Gasteiger partial charge in [0.05, 0.1) is 11.6 Å². The third-order valence-electron chi connectivity index (χ3n) is 5.68. The predicted octanol–water partition coefficient (Wildman–Crippen LogP) is 4.54. The Morgan fingerprint density at radius 2 is 2.21 bits per heavy atom. The summed E-state index contributed by atoms with van der Waals surface area (Å²) in [6.45, 7) is 8.66. The van der Waals surface area contributed by atoms with Crippen LogP contribution in [0.2, 0.25) is 0 Å². The maximum atomic E-state index is 13.7. The van der Waals surface area contributed by atoms with Gasteiger partial charge >= 0.3 is 0 Å². The molecular weight excluding hydrogens is 366 g/mol. The molecule has 0 saturated carbocycles. The Hall–Kier alpha value is -2.40. The van der Waals surface area contributed by atoms with Crippen LogP contribution < -0.4 is 0 Å². The summed E-state index contributed by atoms with van der Waals surface area (Å²) in [5.74, 6) is 0.581. The SMILES string of the molecule is C=CCN1C(=O)C2C(C)(C)CC=C3C=CC=CC32N=C1SCc1ccccn1. The second kappa shape index (κ2) is 7.21. The van der Waals surface area contributed by atoms with Crippen LogP contribution in [0.25, 0.3) is 0 Å². The molecule has 1 spiro atoms. The number of nitrogens with zero attached hydrogens (tertiary/aromatic N) is 3. The molecule has 4 rings (SSSR count). The van der Waals surface area contributed by atoms with Crippen LogP contribution in [0.5, 0.6) is 0 Å². The van der Waals surface area contributed by atoms with E-state index in [1.165, 1.54) is 0 Å². The monoisotopic (exact) mass is 391 g/mol. The number of amidine groups is 1. The fourth-order valence-corrected chi connectivity index (χ4v) is 5.34. The van der Waals surface area contributed by atoms with Gasteiger partial charge in [0.2, 0.25) is 5.91 Å². The van der Waals surface area contributed by atoms with Crippen LogP contribution in [0, 0.1) is 11.3 Å². The lowest BCUT2D eigenvalue weighted by atomic mass is 9.58. The molecule has 1 aliphatic heterocycles. The molecule has 144 valence electrons. The number of rotatable bonds is 4. The van der Waals surface area contributed by atoms with Crippen LogP contribution in [-0.2, 0) is 10.5 Å². The van der Waals surface area contributed by atoms with Gasteiger partial charge in [0, 0.05) is 18.5 Å². The van der Waals surface area contributed by atoms with Crippen molar-refractivity contribution in [3.05, 3.63) is 78.7 Å². The molecule has 1 amide bonds. The number of aliphatic imine (C=N–C) groups is 1. The lowest BCUT2D eigenvalue weighted by Crippen LogP contribution is -2.60. The van der Waals surface area contributed by atoms with Gasteiger partial charge in [0.15, 0.2) is 5.17 Å². The van der Waals surface area contributed by atoms with Crippen LogP contribution in [0.1, 0.15) is 26.0 Å². The van der Waals surface area contributed by atoms with E-state index in [0.717, 1.165) is 22.9 Å². The Morgan fingerprint density at radius 1 is 1.36 bits per heavy atom. The van der Waals surface area contributed by atoms with E-state index in [1.54, 1.807) is 28.9 Å². The molecule has 4 nitrogen and oxygen atoms in total. The van der Waals surface area contributed by atoms with Crippen LogP contribution >= 0.6 is 11.8 Å². The van der Waals surface area contributed by atoms with Crippen molar-refractivity contribution < 1.29 is 4.79 Å². The van der Waals surface area contributed by atoms with Crippen LogP contribution in [0.4, 0.5) is 0 Å². The number of carbonyl (C=O) groups excluding carboxylic acids is 1. The zero-order valence-corrected chi connectivity index (χ0v) is 17.2. The van der Waals surface area contributed by atoms with Crippen LogP contribution in [0.3, 0.4) is 0 Å². The quantitative estimate of drug-likeness (QED) is 0.708. The second-order valence-electron chi connectivity index (χ2n) is 8.07. The average Bonchev–Trinajstić information content (AvgIpc) is 2.68. The largest absolute Gasteiger partial charge is 0.287 e. The van der Waals surface area contributed by atoms with E-state index < -0.39 is 5.54 Å². The molecule has 0 aromatic carbocycles. The van der Waals surface area contributed by atoms with Crippen molar-refractivity contribution in [3.8, 4) is 0 Å². The fraction of sp³-hybridized carbons (Fsp3) is 0.348. The van der Waals surface area contributed by atoms with E-state index in [2.05, 4.69) is 43.6 Å². The van der Waals surface area contributed by atoms with Crippen LogP contribution in [-0.4, -0.2) is 33.0 Å². The summed E-state index contributed by atoms with van der Waals surface area (Å²) in [5.41, 5.74) is 1.31. The van der Waals surface area contributed by atoms with Crippen molar-refractivity contribution in [1.82, 2.24) is 9.88 Å². The van der Waals surface area contributed by atoms with Crippen molar-refractivity contribution in [3.63, 3.8) is 0 Å².